The molecule has 0 aliphatic carbocycles. The minimum absolute atomic E-state index is 0.0150. The maximum atomic E-state index is 11.6. The van der Waals surface area contributed by atoms with E-state index in [1.54, 1.807) is 18.9 Å². The van der Waals surface area contributed by atoms with E-state index < -0.39 is 0 Å². The van der Waals surface area contributed by atoms with Gasteiger partial charge in [0.1, 0.15) is 6.54 Å². The Morgan fingerprint density at radius 3 is 2.47 bits per heavy atom. The predicted molar refractivity (Wildman–Crippen MR) is 56.9 cm³/mol. The summed E-state index contributed by atoms with van der Waals surface area (Å²) in [5, 5.41) is 0. The second-order valence-corrected chi connectivity index (χ2v) is 3.62. The molecule has 1 heterocycles. The van der Waals surface area contributed by atoms with Gasteiger partial charge >= 0.3 is 0 Å². The fraction of sp³-hybridized carbons (Fsp3) is 0.636. The molecule has 0 aromatic heterocycles. The van der Waals surface area contributed by atoms with Crippen molar-refractivity contribution in [1.29, 1.82) is 0 Å². The zero-order valence-corrected chi connectivity index (χ0v) is 9.25. The second kappa shape index (κ2) is 5.40. The zero-order chi connectivity index (χ0) is 11.3. The minimum Gasteiger partial charge on any atom is -0.341 e. The van der Waals surface area contributed by atoms with Crippen LogP contribution in [0.1, 0.15) is 19.8 Å². The van der Waals surface area contributed by atoms with Gasteiger partial charge < -0.3 is 9.80 Å². The lowest BCUT2D eigenvalue weighted by Crippen LogP contribution is -2.39. The molecule has 1 aliphatic heterocycles. The first kappa shape index (κ1) is 11.6. The molecule has 1 saturated heterocycles. The van der Waals surface area contributed by atoms with Crippen LogP contribution in [0.4, 0.5) is 0 Å². The Labute approximate surface area is 90.2 Å². The van der Waals surface area contributed by atoms with Crippen molar-refractivity contribution in [1.82, 2.24) is 9.80 Å². The highest BCUT2D eigenvalue weighted by Crippen LogP contribution is 2.07. The lowest BCUT2D eigenvalue weighted by Gasteiger charge is -2.19. The molecule has 1 rings (SSSR count). The van der Waals surface area contributed by atoms with Crippen molar-refractivity contribution in [3.63, 3.8) is 0 Å². The van der Waals surface area contributed by atoms with Gasteiger partial charge in [0.05, 0.1) is 0 Å². The Morgan fingerprint density at radius 1 is 1.33 bits per heavy atom. The molecule has 0 aromatic rings. The van der Waals surface area contributed by atoms with Crippen LogP contribution in [-0.4, -0.2) is 48.3 Å². The summed E-state index contributed by atoms with van der Waals surface area (Å²) < 4.78 is 0. The molecule has 4 nitrogen and oxygen atoms in total. The smallest absolute Gasteiger partial charge is 0.298 e. The van der Waals surface area contributed by atoms with Gasteiger partial charge in [0.2, 0.25) is 5.91 Å². The Bertz CT molecular complexity index is 308. The molecule has 0 spiro atoms. The molecule has 2 amide bonds. The topological polar surface area (TPSA) is 40.6 Å². The molecule has 0 bridgehead atoms. The van der Waals surface area contributed by atoms with E-state index in [9.17, 15) is 9.59 Å². The second-order valence-electron chi connectivity index (χ2n) is 3.62. The van der Waals surface area contributed by atoms with E-state index in [1.165, 1.54) is 4.90 Å². The molecule has 1 aliphatic rings. The molecule has 0 N–H and O–H groups in total. The van der Waals surface area contributed by atoms with Gasteiger partial charge in [-0.25, -0.2) is 0 Å². The van der Waals surface area contributed by atoms with Crippen LogP contribution in [0.15, 0.2) is 0 Å². The van der Waals surface area contributed by atoms with E-state index in [-0.39, 0.29) is 18.4 Å². The molecular weight excluding hydrogens is 192 g/mol. The number of likely N-dealkylation sites (tertiary alicyclic amines) is 1. The zero-order valence-electron chi connectivity index (χ0n) is 9.25. The van der Waals surface area contributed by atoms with E-state index in [0.29, 0.717) is 0 Å². The third kappa shape index (κ3) is 3.28. The average molecular weight is 208 g/mol. The SMILES string of the molecule is CC#CC(=O)N(C)CC(=O)N1CCCC1. The van der Waals surface area contributed by atoms with E-state index in [1.807, 2.05) is 0 Å². The molecule has 0 atom stereocenters. The van der Waals surface area contributed by atoms with Gasteiger partial charge in [-0.05, 0) is 25.7 Å². The quantitative estimate of drug-likeness (QED) is 0.603. The third-order valence-corrected chi connectivity index (χ3v) is 2.41. The molecule has 1 fully saturated rings. The fourth-order valence-corrected chi connectivity index (χ4v) is 1.54. The lowest BCUT2D eigenvalue weighted by atomic mass is 10.4. The largest absolute Gasteiger partial charge is 0.341 e. The maximum absolute atomic E-state index is 11.6. The van der Waals surface area contributed by atoms with Crippen molar-refractivity contribution in [3.8, 4) is 11.8 Å². The van der Waals surface area contributed by atoms with Gasteiger partial charge in [-0.15, -0.1) is 0 Å². The molecule has 0 saturated carbocycles. The summed E-state index contributed by atoms with van der Waals surface area (Å²) in [6, 6.07) is 0. The van der Waals surface area contributed by atoms with Crippen molar-refractivity contribution >= 4 is 11.8 Å². The predicted octanol–water partition coefficient (Wildman–Crippen LogP) is 0.0905. The first-order valence-electron chi connectivity index (χ1n) is 5.10. The molecular formula is C11H16N2O2. The highest BCUT2D eigenvalue weighted by molar-refractivity contribution is 5.95. The van der Waals surface area contributed by atoms with Crippen molar-refractivity contribution in [2.75, 3.05) is 26.7 Å². The summed E-state index contributed by atoms with van der Waals surface area (Å²) in [6.07, 6.45) is 2.14. The molecule has 4 heteroatoms. The van der Waals surface area contributed by atoms with Crippen molar-refractivity contribution in [3.05, 3.63) is 0 Å². The van der Waals surface area contributed by atoms with Crippen molar-refractivity contribution in [2.24, 2.45) is 0 Å². The number of nitrogens with zero attached hydrogens (tertiary/aromatic N) is 2. The highest BCUT2D eigenvalue weighted by atomic mass is 16.2. The molecule has 0 radical (unpaired) electrons. The number of carbonyl (C=O) groups is 2. The van der Waals surface area contributed by atoms with Gasteiger partial charge in [0, 0.05) is 20.1 Å². The Hall–Kier alpha value is -1.50. The van der Waals surface area contributed by atoms with Gasteiger partial charge in [0.25, 0.3) is 5.91 Å². The monoisotopic (exact) mass is 208 g/mol. The molecule has 82 valence electrons. The molecule has 15 heavy (non-hydrogen) atoms. The van der Waals surface area contributed by atoms with Gasteiger partial charge in [-0.3, -0.25) is 9.59 Å². The van der Waals surface area contributed by atoms with Crippen LogP contribution in [-0.2, 0) is 9.59 Å². The van der Waals surface area contributed by atoms with E-state index >= 15 is 0 Å². The summed E-state index contributed by atoms with van der Waals surface area (Å²) in [5.74, 6) is 4.65. The van der Waals surface area contributed by atoms with E-state index in [2.05, 4.69) is 11.8 Å². The van der Waals surface area contributed by atoms with Crippen LogP contribution in [0.3, 0.4) is 0 Å². The molecule has 0 unspecified atom stereocenters. The minimum atomic E-state index is -0.301. The maximum Gasteiger partial charge on any atom is 0.298 e. The van der Waals surface area contributed by atoms with Crippen LogP contribution in [0.5, 0.6) is 0 Å². The molecule has 0 aromatic carbocycles. The number of hydrogen-bond acceptors (Lipinski definition) is 2. The third-order valence-electron chi connectivity index (χ3n) is 2.41. The highest BCUT2D eigenvalue weighted by Gasteiger charge is 2.20. The van der Waals surface area contributed by atoms with E-state index in [0.717, 1.165) is 25.9 Å². The van der Waals surface area contributed by atoms with Crippen LogP contribution in [0.2, 0.25) is 0 Å². The first-order valence-corrected chi connectivity index (χ1v) is 5.10. The summed E-state index contributed by atoms with van der Waals surface area (Å²) in [5.41, 5.74) is 0. The van der Waals surface area contributed by atoms with Crippen LogP contribution in [0, 0.1) is 11.8 Å². The van der Waals surface area contributed by atoms with Crippen LogP contribution in [0.25, 0.3) is 0 Å². The Balaban J connectivity index is 2.42. The summed E-state index contributed by atoms with van der Waals surface area (Å²) in [4.78, 5) is 26.1. The standard InChI is InChI=1S/C11H16N2O2/c1-3-6-10(14)12(2)9-11(15)13-7-4-5-8-13/h4-5,7-9H2,1-2H3. The summed E-state index contributed by atoms with van der Waals surface area (Å²) >= 11 is 0. The van der Waals surface area contributed by atoms with E-state index in [4.69, 9.17) is 0 Å². The van der Waals surface area contributed by atoms with Crippen LogP contribution < -0.4 is 0 Å². The fourth-order valence-electron chi connectivity index (χ4n) is 1.54. The van der Waals surface area contributed by atoms with Gasteiger partial charge in [-0.1, -0.05) is 5.92 Å². The number of carbonyl (C=O) groups excluding carboxylic acids is 2. The van der Waals surface area contributed by atoms with Crippen LogP contribution >= 0.6 is 0 Å². The lowest BCUT2D eigenvalue weighted by molar-refractivity contribution is -0.136. The first-order chi connectivity index (χ1) is 7.15. The van der Waals surface area contributed by atoms with Gasteiger partial charge in [-0.2, -0.15) is 0 Å². The average Bonchev–Trinajstić information content (AvgIpc) is 2.70. The summed E-state index contributed by atoms with van der Waals surface area (Å²) in [6.45, 7) is 3.38. The van der Waals surface area contributed by atoms with Crippen molar-refractivity contribution < 1.29 is 9.59 Å². The van der Waals surface area contributed by atoms with Crippen molar-refractivity contribution in [2.45, 2.75) is 19.8 Å². The van der Waals surface area contributed by atoms with Gasteiger partial charge in [0.15, 0.2) is 0 Å². The number of rotatable bonds is 2. The normalized spacial score (nSPS) is 14.4. The number of amides is 2. The Morgan fingerprint density at radius 2 is 1.93 bits per heavy atom. The number of likely N-dealkylation sites (N-methyl/N-ethyl adjacent to an activating group) is 1. The Kier molecular flexibility index (Phi) is 4.17. The summed E-state index contributed by atoms with van der Waals surface area (Å²) in [7, 11) is 1.60. The number of hydrogen-bond donors (Lipinski definition) is 0.